The maximum Gasteiger partial charge on any atom is 0.335 e. The fraction of sp³-hybridized carbons (Fsp3) is 0.125. The number of aromatic hydroxyl groups is 2. The monoisotopic (exact) mass is 302 g/mol. The summed E-state index contributed by atoms with van der Waals surface area (Å²) in [7, 11) is 0. The first-order valence-electron chi connectivity index (χ1n) is 6.49. The summed E-state index contributed by atoms with van der Waals surface area (Å²) >= 11 is 0. The first-order chi connectivity index (χ1) is 10.4. The van der Waals surface area contributed by atoms with Gasteiger partial charge in [0.25, 0.3) is 0 Å². The Hall–Kier alpha value is -3.02. The van der Waals surface area contributed by atoms with E-state index in [1.807, 2.05) is 0 Å². The van der Waals surface area contributed by atoms with Crippen molar-refractivity contribution in [3.05, 3.63) is 58.7 Å². The molecule has 0 aromatic heterocycles. The van der Waals surface area contributed by atoms with Crippen LogP contribution in [0.2, 0.25) is 0 Å². The molecule has 0 saturated heterocycles. The molecule has 2 aromatic rings. The highest BCUT2D eigenvalue weighted by Crippen LogP contribution is 2.24. The summed E-state index contributed by atoms with van der Waals surface area (Å²) in [5.41, 5.74) is 0.938. The quantitative estimate of drug-likeness (QED) is 0.673. The van der Waals surface area contributed by atoms with Crippen molar-refractivity contribution in [2.45, 2.75) is 12.8 Å². The summed E-state index contributed by atoms with van der Waals surface area (Å²) in [6.45, 7) is 0. The predicted octanol–water partition coefficient (Wildman–Crippen LogP) is 2.28. The predicted molar refractivity (Wildman–Crippen MR) is 77.5 cm³/mol. The molecule has 0 aliphatic carbocycles. The lowest BCUT2D eigenvalue weighted by molar-refractivity contribution is 0.0686. The lowest BCUT2D eigenvalue weighted by atomic mass is 9.99. The number of aromatic carboxylic acids is 2. The van der Waals surface area contributed by atoms with Crippen LogP contribution in [-0.4, -0.2) is 32.4 Å². The van der Waals surface area contributed by atoms with E-state index < -0.39 is 11.9 Å². The van der Waals surface area contributed by atoms with Gasteiger partial charge in [0.2, 0.25) is 0 Å². The van der Waals surface area contributed by atoms with Crippen molar-refractivity contribution in [1.82, 2.24) is 0 Å². The number of phenols is 2. The highest BCUT2D eigenvalue weighted by molar-refractivity contribution is 5.88. The van der Waals surface area contributed by atoms with Gasteiger partial charge in [-0.05, 0) is 60.4 Å². The highest BCUT2D eigenvalue weighted by atomic mass is 16.4. The fourth-order valence-corrected chi connectivity index (χ4v) is 2.11. The van der Waals surface area contributed by atoms with Crippen molar-refractivity contribution in [1.29, 1.82) is 0 Å². The summed E-state index contributed by atoms with van der Waals surface area (Å²) < 4.78 is 0. The molecular weight excluding hydrogens is 288 g/mol. The van der Waals surface area contributed by atoms with Crippen molar-refractivity contribution in [2.24, 2.45) is 0 Å². The van der Waals surface area contributed by atoms with E-state index in [-0.39, 0.29) is 35.5 Å². The van der Waals surface area contributed by atoms with Crippen LogP contribution in [0.1, 0.15) is 31.8 Å². The maximum atomic E-state index is 10.9. The fourth-order valence-electron chi connectivity index (χ4n) is 2.11. The van der Waals surface area contributed by atoms with Gasteiger partial charge in [0.15, 0.2) is 0 Å². The van der Waals surface area contributed by atoms with Crippen LogP contribution in [0.15, 0.2) is 36.4 Å². The molecule has 0 aliphatic heterocycles. The molecule has 0 aliphatic rings. The Balaban J connectivity index is 2.23. The zero-order valence-electron chi connectivity index (χ0n) is 11.5. The first kappa shape index (κ1) is 15.4. The SMILES string of the molecule is O=C(O)c1ccc(O)c(CCc2cc(C(=O)O)ccc2O)c1. The molecule has 0 bridgehead atoms. The Morgan fingerprint density at radius 2 is 1.09 bits per heavy atom. The number of phenolic OH excluding ortho intramolecular Hbond substituents is 2. The summed E-state index contributed by atoms with van der Waals surface area (Å²) in [5, 5.41) is 37.4. The van der Waals surface area contributed by atoms with Gasteiger partial charge in [-0.25, -0.2) is 9.59 Å². The standard InChI is InChI=1S/C16H14O6/c17-13-5-3-11(15(19)20)7-9(13)1-2-10-8-12(16(21)22)4-6-14(10)18/h3-8,17-18H,1-2H2,(H,19,20)(H,21,22). The number of rotatable bonds is 5. The van der Waals surface area contributed by atoms with Gasteiger partial charge in [0, 0.05) is 0 Å². The molecule has 0 radical (unpaired) electrons. The van der Waals surface area contributed by atoms with E-state index in [0.717, 1.165) is 0 Å². The minimum absolute atomic E-state index is 0.0427. The first-order valence-corrected chi connectivity index (χ1v) is 6.49. The number of aryl methyl sites for hydroxylation is 2. The van der Waals surface area contributed by atoms with Crippen LogP contribution in [0.25, 0.3) is 0 Å². The molecule has 0 fully saturated rings. The zero-order valence-corrected chi connectivity index (χ0v) is 11.5. The number of carboxylic acid groups (broad SMARTS) is 2. The van der Waals surface area contributed by atoms with Gasteiger partial charge in [-0.1, -0.05) is 0 Å². The molecule has 4 N–H and O–H groups in total. The van der Waals surface area contributed by atoms with E-state index in [1.54, 1.807) is 0 Å². The van der Waals surface area contributed by atoms with Gasteiger partial charge < -0.3 is 20.4 Å². The molecule has 6 heteroatoms. The third kappa shape index (κ3) is 3.35. The molecule has 22 heavy (non-hydrogen) atoms. The van der Waals surface area contributed by atoms with Gasteiger partial charge in [-0.3, -0.25) is 0 Å². The van der Waals surface area contributed by atoms with Crippen molar-refractivity contribution < 1.29 is 30.0 Å². The van der Waals surface area contributed by atoms with E-state index in [1.165, 1.54) is 36.4 Å². The molecule has 2 aromatic carbocycles. The summed E-state index contributed by atoms with van der Waals surface area (Å²) in [6.07, 6.45) is 0.535. The van der Waals surface area contributed by atoms with Gasteiger partial charge >= 0.3 is 11.9 Å². The van der Waals surface area contributed by atoms with Crippen molar-refractivity contribution >= 4 is 11.9 Å². The van der Waals surface area contributed by atoms with E-state index in [9.17, 15) is 19.8 Å². The largest absolute Gasteiger partial charge is 0.508 e. The summed E-state index contributed by atoms with van der Waals surface area (Å²) in [5.74, 6) is -2.29. The smallest absolute Gasteiger partial charge is 0.335 e. The number of hydrogen-bond acceptors (Lipinski definition) is 4. The Labute approximate surface area is 125 Å². The molecule has 114 valence electrons. The van der Waals surface area contributed by atoms with Gasteiger partial charge in [-0.15, -0.1) is 0 Å². The normalized spacial score (nSPS) is 10.4. The number of benzene rings is 2. The topological polar surface area (TPSA) is 115 Å². The highest BCUT2D eigenvalue weighted by Gasteiger charge is 2.11. The second kappa shape index (κ2) is 6.17. The molecule has 0 atom stereocenters. The molecule has 6 nitrogen and oxygen atoms in total. The van der Waals surface area contributed by atoms with Gasteiger partial charge in [0.1, 0.15) is 11.5 Å². The lowest BCUT2D eigenvalue weighted by Crippen LogP contribution is -2.01. The average molecular weight is 302 g/mol. The average Bonchev–Trinajstić information content (AvgIpc) is 2.47. The number of carbonyl (C=O) groups is 2. The second-order valence-corrected chi connectivity index (χ2v) is 4.80. The minimum atomic E-state index is -1.10. The molecular formula is C16H14O6. The number of carboxylic acids is 2. The van der Waals surface area contributed by atoms with Crippen LogP contribution in [0.4, 0.5) is 0 Å². The van der Waals surface area contributed by atoms with Gasteiger partial charge in [-0.2, -0.15) is 0 Å². The van der Waals surface area contributed by atoms with Crippen molar-refractivity contribution in [3.63, 3.8) is 0 Å². The van der Waals surface area contributed by atoms with Crippen molar-refractivity contribution in [2.75, 3.05) is 0 Å². The van der Waals surface area contributed by atoms with Crippen LogP contribution >= 0.6 is 0 Å². The minimum Gasteiger partial charge on any atom is -0.508 e. The molecule has 0 heterocycles. The maximum absolute atomic E-state index is 10.9. The zero-order chi connectivity index (χ0) is 16.3. The van der Waals surface area contributed by atoms with Crippen LogP contribution in [0, 0.1) is 0 Å². The molecule has 0 saturated carbocycles. The molecule has 0 unspecified atom stereocenters. The van der Waals surface area contributed by atoms with Crippen LogP contribution in [-0.2, 0) is 12.8 Å². The Bertz CT molecular complexity index is 672. The van der Waals surface area contributed by atoms with E-state index in [4.69, 9.17) is 10.2 Å². The third-order valence-electron chi connectivity index (χ3n) is 3.32. The van der Waals surface area contributed by atoms with Crippen LogP contribution in [0.5, 0.6) is 11.5 Å². The van der Waals surface area contributed by atoms with E-state index >= 15 is 0 Å². The van der Waals surface area contributed by atoms with E-state index in [0.29, 0.717) is 11.1 Å². The Morgan fingerprint density at radius 3 is 1.41 bits per heavy atom. The third-order valence-corrected chi connectivity index (χ3v) is 3.32. The Morgan fingerprint density at radius 1 is 0.727 bits per heavy atom. The Kier molecular flexibility index (Phi) is 4.31. The molecule has 0 spiro atoms. The second-order valence-electron chi connectivity index (χ2n) is 4.80. The van der Waals surface area contributed by atoms with Crippen molar-refractivity contribution in [3.8, 4) is 11.5 Å². The summed E-state index contributed by atoms with van der Waals surface area (Å²) in [4.78, 5) is 21.9. The van der Waals surface area contributed by atoms with E-state index in [2.05, 4.69) is 0 Å². The van der Waals surface area contributed by atoms with Crippen LogP contribution < -0.4 is 0 Å². The van der Waals surface area contributed by atoms with Gasteiger partial charge in [0.05, 0.1) is 11.1 Å². The molecule has 0 amide bonds. The molecule has 2 rings (SSSR count). The summed E-state index contributed by atoms with van der Waals surface area (Å²) in [6, 6.07) is 7.90. The number of hydrogen-bond donors (Lipinski definition) is 4. The lowest BCUT2D eigenvalue weighted by Gasteiger charge is -2.08. The van der Waals surface area contributed by atoms with Crippen LogP contribution in [0.3, 0.4) is 0 Å².